The topological polar surface area (TPSA) is 75.9 Å². The van der Waals surface area contributed by atoms with Gasteiger partial charge >= 0.3 is 0 Å². The average molecular weight is 325 g/mol. The Morgan fingerprint density at radius 1 is 1.17 bits per heavy atom. The number of rotatable bonds is 5. The number of nitrogens with one attached hydrogen (secondary N) is 1. The molecule has 0 bridgehead atoms. The maximum atomic E-state index is 9.49. The maximum Gasteiger partial charge on any atom is 0.163 e. The fourth-order valence-electron chi connectivity index (χ4n) is 2.70. The Kier molecular flexibility index (Phi) is 4.38. The van der Waals surface area contributed by atoms with Gasteiger partial charge in [-0.1, -0.05) is 32.9 Å². The second-order valence-electron chi connectivity index (χ2n) is 6.29. The third-order valence-corrected chi connectivity index (χ3v) is 4.14. The molecule has 6 heteroatoms. The Balaban J connectivity index is 2.02. The lowest BCUT2D eigenvalue weighted by Crippen LogP contribution is -2.13. The molecule has 2 N–H and O–H groups in total. The Hall–Kier alpha value is -2.63. The van der Waals surface area contributed by atoms with Crippen LogP contribution >= 0.6 is 0 Å². The Bertz CT molecular complexity index is 838. The summed E-state index contributed by atoms with van der Waals surface area (Å²) in [5, 5.41) is 18.3. The molecule has 0 aliphatic rings. The van der Waals surface area contributed by atoms with Crippen molar-refractivity contribution in [3.05, 3.63) is 41.9 Å². The van der Waals surface area contributed by atoms with Gasteiger partial charge in [0.1, 0.15) is 17.4 Å². The SMILES string of the molecule is CC[C@H](Nc1nc(C(C)C)nc2c1cnn2C)c1ccc(O)cc1. The average Bonchev–Trinajstić information content (AvgIpc) is 2.95. The van der Waals surface area contributed by atoms with Gasteiger partial charge in [0.15, 0.2) is 5.65 Å². The van der Waals surface area contributed by atoms with Crippen LogP contribution in [0.2, 0.25) is 0 Å². The Morgan fingerprint density at radius 3 is 2.50 bits per heavy atom. The molecule has 0 spiro atoms. The van der Waals surface area contributed by atoms with Gasteiger partial charge in [0, 0.05) is 13.0 Å². The number of phenolic OH excluding ortho intramolecular Hbond substituents is 1. The largest absolute Gasteiger partial charge is 0.508 e. The number of anilines is 1. The van der Waals surface area contributed by atoms with Gasteiger partial charge in [-0.25, -0.2) is 9.97 Å². The van der Waals surface area contributed by atoms with Crippen LogP contribution in [0.4, 0.5) is 5.82 Å². The van der Waals surface area contributed by atoms with Gasteiger partial charge in [0.05, 0.1) is 17.6 Å². The first-order valence-corrected chi connectivity index (χ1v) is 8.24. The molecule has 0 saturated carbocycles. The van der Waals surface area contributed by atoms with E-state index >= 15 is 0 Å². The van der Waals surface area contributed by atoms with Crippen molar-refractivity contribution < 1.29 is 5.11 Å². The Labute approximate surface area is 141 Å². The first-order chi connectivity index (χ1) is 11.5. The van der Waals surface area contributed by atoms with Crippen molar-refractivity contribution in [2.75, 3.05) is 5.32 Å². The van der Waals surface area contributed by atoms with Crippen molar-refractivity contribution in [2.45, 2.75) is 39.2 Å². The molecule has 0 saturated heterocycles. The van der Waals surface area contributed by atoms with E-state index in [1.54, 1.807) is 23.0 Å². The molecule has 0 amide bonds. The number of aryl methyl sites for hydroxylation is 1. The third kappa shape index (κ3) is 3.04. The summed E-state index contributed by atoms with van der Waals surface area (Å²) in [5.74, 6) is 2.11. The second kappa shape index (κ2) is 6.47. The van der Waals surface area contributed by atoms with Gasteiger partial charge in [-0.15, -0.1) is 0 Å². The summed E-state index contributed by atoms with van der Waals surface area (Å²) >= 11 is 0. The zero-order chi connectivity index (χ0) is 17.3. The lowest BCUT2D eigenvalue weighted by atomic mass is 10.0. The molecule has 3 aromatic rings. The van der Waals surface area contributed by atoms with E-state index in [0.29, 0.717) is 0 Å². The molecule has 0 fully saturated rings. The zero-order valence-corrected chi connectivity index (χ0v) is 14.5. The van der Waals surface area contributed by atoms with Crippen LogP contribution < -0.4 is 5.32 Å². The van der Waals surface area contributed by atoms with Gasteiger partial charge in [-0.05, 0) is 24.1 Å². The summed E-state index contributed by atoms with van der Waals surface area (Å²) in [6.07, 6.45) is 2.69. The van der Waals surface area contributed by atoms with Crippen LogP contribution in [0.25, 0.3) is 11.0 Å². The van der Waals surface area contributed by atoms with Crippen LogP contribution in [-0.4, -0.2) is 24.9 Å². The molecular weight excluding hydrogens is 302 g/mol. The van der Waals surface area contributed by atoms with Crippen LogP contribution in [-0.2, 0) is 7.05 Å². The van der Waals surface area contributed by atoms with Gasteiger partial charge in [0.2, 0.25) is 0 Å². The van der Waals surface area contributed by atoms with E-state index in [4.69, 9.17) is 4.98 Å². The smallest absolute Gasteiger partial charge is 0.163 e. The minimum absolute atomic E-state index is 0.101. The summed E-state index contributed by atoms with van der Waals surface area (Å²) in [5.41, 5.74) is 1.94. The van der Waals surface area contributed by atoms with E-state index in [0.717, 1.165) is 34.7 Å². The lowest BCUT2D eigenvalue weighted by molar-refractivity contribution is 0.475. The molecule has 126 valence electrons. The van der Waals surface area contributed by atoms with Gasteiger partial charge < -0.3 is 10.4 Å². The zero-order valence-electron chi connectivity index (χ0n) is 14.5. The molecule has 0 radical (unpaired) electrons. The van der Waals surface area contributed by atoms with E-state index in [1.807, 2.05) is 19.2 Å². The number of hydrogen-bond acceptors (Lipinski definition) is 5. The first-order valence-electron chi connectivity index (χ1n) is 8.24. The standard InChI is InChI=1S/C18H23N5O/c1-5-15(12-6-8-13(24)9-7-12)20-17-14-10-19-23(4)18(14)22-16(21-17)11(2)3/h6-11,15,24H,5H2,1-4H3,(H,20,21,22)/t15-/m0/s1. The van der Waals surface area contributed by atoms with Crippen LogP contribution in [0.15, 0.2) is 30.5 Å². The van der Waals surface area contributed by atoms with Gasteiger partial charge in [0.25, 0.3) is 0 Å². The van der Waals surface area contributed by atoms with Crippen molar-refractivity contribution in [1.82, 2.24) is 19.7 Å². The highest BCUT2D eigenvalue weighted by atomic mass is 16.3. The fraction of sp³-hybridized carbons (Fsp3) is 0.389. The number of aromatic nitrogens is 4. The molecule has 0 aliphatic carbocycles. The van der Waals surface area contributed by atoms with Crippen molar-refractivity contribution in [1.29, 1.82) is 0 Å². The van der Waals surface area contributed by atoms with Crippen LogP contribution in [0.1, 0.15) is 50.5 Å². The molecule has 0 aliphatic heterocycles. The van der Waals surface area contributed by atoms with E-state index in [9.17, 15) is 5.11 Å². The summed E-state index contributed by atoms with van der Waals surface area (Å²) in [6, 6.07) is 7.38. The molecule has 1 aromatic carbocycles. The van der Waals surface area contributed by atoms with Gasteiger partial charge in [-0.3, -0.25) is 4.68 Å². The number of benzene rings is 1. The van der Waals surface area contributed by atoms with Crippen LogP contribution in [0.5, 0.6) is 5.75 Å². The van der Waals surface area contributed by atoms with E-state index in [-0.39, 0.29) is 17.7 Å². The quantitative estimate of drug-likeness (QED) is 0.747. The number of fused-ring (bicyclic) bond motifs is 1. The Morgan fingerprint density at radius 2 is 1.88 bits per heavy atom. The maximum absolute atomic E-state index is 9.49. The highest BCUT2D eigenvalue weighted by molar-refractivity contribution is 5.86. The summed E-state index contributed by atoms with van der Waals surface area (Å²) in [7, 11) is 1.89. The third-order valence-electron chi connectivity index (χ3n) is 4.14. The molecule has 2 heterocycles. The van der Waals surface area contributed by atoms with Gasteiger partial charge in [-0.2, -0.15) is 5.10 Å². The summed E-state index contributed by atoms with van der Waals surface area (Å²) < 4.78 is 1.77. The normalized spacial score (nSPS) is 12.7. The fourth-order valence-corrected chi connectivity index (χ4v) is 2.70. The van der Waals surface area contributed by atoms with E-state index < -0.39 is 0 Å². The molecule has 1 atom stereocenters. The van der Waals surface area contributed by atoms with Crippen molar-refractivity contribution >= 4 is 16.9 Å². The van der Waals surface area contributed by atoms with Crippen molar-refractivity contribution in [2.24, 2.45) is 7.05 Å². The molecule has 0 unspecified atom stereocenters. The van der Waals surface area contributed by atoms with E-state index in [1.165, 1.54) is 0 Å². The number of aromatic hydroxyl groups is 1. The number of hydrogen-bond donors (Lipinski definition) is 2. The monoisotopic (exact) mass is 325 g/mol. The highest BCUT2D eigenvalue weighted by Crippen LogP contribution is 2.28. The molecule has 2 aromatic heterocycles. The van der Waals surface area contributed by atoms with E-state index in [2.05, 4.69) is 36.2 Å². The lowest BCUT2D eigenvalue weighted by Gasteiger charge is -2.19. The minimum Gasteiger partial charge on any atom is -0.508 e. The molecular formula is C18H23N5O. The molecule has 24 heavy (non-hydrogen) atoms. The summed E-state index contributed by atoms with van der Waals surface area (Å²) in [4.78, 5) is 9.35. The second-order valence-corrected chi connectivity index (χ2v) is 6.29. The molecule has 6 nitrogen and oxygen atoms in total. The predicted molar refractivity (Wildman–Crippen MR) is 95.2 cm³/mol. The number of nitrogens with zero attached hydrogens (tertiary/aromatic N) is 4. The predicted octanol–water partition coefficient (Wildman–Crippen LogP) is 3.76. The van der Waals surface area contributed by atoms with Crippen LogP contribution in [0.3, 0.4) is 0 Å². The number of phenols is 1. The molecule has 3 rings (SSSR count). The van der Waals surface area contributed by atoms with Crippen molar-refractivity contribution in [3.63, 3.8) is 0 Å². The minimum atomic E-state index is 0.101. The van der Waals surface area contributed by atoms with Crippen LogP contribution in [0, 0.1) is 0 Å². The highest BCUT2D eigenvalue weighted by Gasteiger charge is 2.17. The summed E-state index contributed by atoms with van der Waals surface area (Å²) in [6.45, 7) is 6.28. The van der Waals surface area contributed by atoms with Crippen molar-refractivity contribution in [3.8, 4) is 5.75 Å². The first kappa shape index (κ1) is 16.2.